The molecule has 2 N–H and O–H groups in total. The van der Waals surface area contributed by atoms with Crippen molar-refractivity contribution in [3.05, 3.63) is 150 Å². The van der Waals surface area contributed by atoms with Crippen molar-refractivity contribution in [2.75, 3.05) is 4.90 Å². The summed E-state index contributed by atoms with van der Waals surface area (Å²) in [7, 11) is 0. The molecule has 6 aromatic carbocycles. The molecule has 0 saturated carbocycles. The zero-order valence-electron chi connectivity index (χ0n) is 22.6. The van der Waals surface area contributed by atoms with E-state index in [0.29, 0.717) is 0 Å². The first-order chi connectivity index (χ1) is 20.2. The van der Waals surface area contributed by atoms with Crippen LogP contribution in [-0.4, -0.2) is 9.97 Å². The topological polar surface area (TPSA) is 34.8 Å². The Hall–Kier alpha value is -5.28. The summed E-state index contributed by atoms with van der Waals surface area (Å²) in [6.45, 7) is 2.40. The van der Waals surface area contributed by atoms with Crippen molar-refractivity contribution in [2.45, 2.75) is 12.3 Å². The lowest BCUT2D eigenvalue weighted by Gasteiger charge is -2.44. The van der Waals surface area contributed by atoms with Gasteiger partial charge in [0.25, 0.3) is 0 Å². The Morgan fingerprint density at radius 1 is 0.512 bits per heavy atom. The van der Waals surface area contributed by atoms with Crippen molar-refractivity contribution < 1.29 is 0 Å². The van der Waals surface area contributed by atoms with Gasteiger partial charge in [-0.2, -0.15) is 0 Å². The van der Waals surface area contributed by atoms with E-state index in [4.69, 9.17) is 0 Å². The molecule has 2 aromatic heterocycles. The fraction of sp³-hybridized carbons (Fsp3) is 0.0526. The van der Waals surface area contributed by atoms with Crippen LogP contribution >= 0.6 is 0 Å². The highest BCUT2D eigenvalue weighted by atomic mass is 15.2. The van der Waals surface area contributed by atoms with E-state index in [0.717, 1.165) is 22.2 Å². The summed E-state index contributed by atoms with van der Waals surface area (Å²) in [6, 6.07) is 48.4. The second-order valence-electron chi connectivity index (χ2n) is 11.3. The van der Waals surface area contributed by atoms with E-state index in [1.165, 1.54) is 55.1 Å². The van der Waals surface area contributed by atoms with Gasteiger partial charge in [0.2, 0.25) is 0 Å². The Balaban J connectivity index is 1.51. The minimum absolute atomic E-state index is 0.414. The van der Waals surface area contributed by atoms with Gasteiger partial charge in [0.05, 0.1) is 22.4 Å². The van der Waals surface area contributed by atoms with Crippen molar-refractivity contribution in [2.24, 2.45) is 0 Å². The average Bonchev–Trinajstić information content (AvgIpc) is 3.60. The van der Waals surface area contributed by atoms with Crippen molar-refractivity contribution in [3.63, 3.8) is 0 Å². The lowest BCUT2D eigenvalue weighted by molar-refractivity contribution is 0.688. The Labute approximate surface area is 237 Å². The molecule has 3 nitrogen and oxygen atoms in total. The first-order valence-corrected chi connectivity index (χ1v) is 14.2. The third-order valence-electron chi connectivity index (χ3n) is 9.18. The van der Waals surface area contributed by atoms with Crippen LogP contribution in [-0.2, 0) is 5.41 Å². The number of H-pyrrole nitrogens is 2. The zero-order chi connectivity index (χ0) is 27.1. The molecule has 0 amide bonds. The number of fused-ring (bicyclic) bond motifs is 10. The molecule has 0 saturated heterocycles. The molecule has 8 aromatic rings. The van der Waals surface area contributed by atoms with Crippen LogP contribution in [0.25, 0.3) is 43.6 Å². The van der Waals surface area contributed by atoms with Crippen LogP contribution in [0.5, 0.6) is 0 Å². The normalized spacial score (nSPS) is 16.5. The average molecular weight is 526 g/mol. The third kappa shape index (κ3) is 2.93. The Kier molecular flexibility index (Phi) is 4.46. The van der Waals surface area contributed by atoms with E-state index in [-0.39, 0.29) is 0 Å². The van der Waals surface area contributed by atoms with Crippen LogP contribution in [0.3, 0.4) is 0 Å². The number of para-hydroxylation sites is 3. The van der Waals surface area contributed by atoms with E-state index < -0.39 is 5.41 Å². The maximum Gasteiger partial charge on any atom is 0.0747 e. The number of aromatic amines is 2. The van der Waals surface area contributed by atoms with Crippen molar-refractivity contribution >= 4 is 60.7 Å². The van der Waals surface area contributed by atoms with Crippen LogP contribution < -0.4 is 4.90 Å². The van der Waals surface area contributed by atoms with Gasteiger partial charge in [-0.15, -0.1) is 0 Å². The number of benzene rings is 6. The smallest absolute Gasteiger partial charge is 0.0747 e. The summed E-state index contributed by atoms with van der Waals surface area (Å²) in [5.41, 5.74) is 11.7. The van der Waals surface area contributed by atoms with Gasteiger partial charge in [0.15, 0.2) is 0 Å². The molecule has 0 radical (unpaired) electrons. The van der Waals surface area contributed by atoms with Crippen molar-refractivity contribution in [1.29, 1.82) is 0 Å². The van der Waals surface area contributed by atoms with Gasteiger partial charge >= 0.3 is 0 Å². The van der Waals surface area contributed by atoms with Crippen LogP contribution in [0.15, 0.2) is 133 Å². The van der Waals surface area contributed by atoms with Gasteiger partial charge in [-0.25, -0.2) is 0 Å². The molecule has 1 unspecified atom stereocenters. The lowest BCUT2D eigenvalue weighted by Crippen LogP contribution is -2.34. The predicted octanol–water partition coefficient (Wildman–Crippen LogP) is 10.1. The third-order valence-corrected chi connectivity index (χ3v) is 9.18. The number of hydrogen-bond donors (Lipinski definition) is 2. The number of nitrogens with zero attached hydrogens (tertiary/aromatic N) is 1. The van der Waals surface area contributed by atoms with Gasteiger partial charge in [-0.1, -0.05) is 103 Å². The number of aromatic nitrogens is 2. The molecule has 1 atom stereocenters. The molecule has 194 valence electrons. The standard InChI is InChI=1S/C38H27N3/c1-38(24-12-4-2-5-13-24)30-22-20-29-27-17-9-11-19-32(27)40-36(29)37(30)41(25-14-6-3-7-15-25)33-23-21-28-26-16-8-10-18-31(26)39-35(28)34(33)38/h2-23,39-40H,1H3. The van der Waals surface area contributed by atoms with Crippen LogP contribution in [0.2, 0.25) is 0 Å². The van der Waals surface area contributed by atoms with Gasteiger partial charge < -0.3 is 14.9 Å². The molecule has 0 bridgehead atoms. The van der Waals surface area contributed by atoms with Crippen molar-refractivity contribution in [1.82, 2.24) is 9.97 Å². The lowest BCUT2D eigenvalue weighted by atomic mass is 9.67. The van der Waals surface area contributed by atoms with E-state index in [9.17, 15) is 0 Å². The van der Waals surface area contributed by atoms with Crippen molar-refractivity contribution in [3.8, 4) is 0 Å². The molecule has 0 aliphatic carbocycles. The second-order valence-corrected chi connectivity index (χ2v) is 11.3. The summed E-state index contributed by atoms with van der Waals surface area (Å²) in [6.07, 6.45) is 0. The molecular formula is C38H27N3. The van der Waals surface area contributed by atoms with Gasteiger partial charge in [-0.05, 0) is 48.4 Å². The predicted molar refractivity (Wildman–Crippen MR) is 172 cm³/mol. The van der Waals surface area contributed by atoms with Gasteiger partial charge in [-0.3, -0.25) is 0 Å². The van der Waals surface area contributed by atoms with E-state index in [1.54, 1.807) is 0 Å². The van der Waals surface area contributed by atoms with E-state index >= 15 is 0 Å². The number of nitrogens with one attached hydrogen (secondary N) is 2. The molecule has 9 rings (SSSR count). The largest absolute Gasteiger partial charge is 0.354 e. The molecule has 0 spiro atoms. The summed E-state index contributed by atoms with van der Waals surface area (Å²) in [4.78, 5) is 10.2. The molecule has 0 fully saturated rings. The molecule has 1 aliphatic rings. The maximum atomic E-state index is 3.86. The fourth-order valence-electron chi connectivity index (χ4n) is 7.31. The summed E-state index contributed by atoms with van der Waals surface area (Å²) in [5.74, 6) is 0. The highest BCUT2D eigenvalue weighted by Gasteiger charge is 2.44. The molecule has 3 heterocycles. The highest BCUT2D eigenvalue weighted by molar-refractivity contribution is 6.16. The SMILES string of the molecule is CC1(c2ccccc2)c2ccc3c([nH]c4ccccc43)c2N(c2ccccc2)c2ccc3c([nH]c4ccccc43)c21. The Morgan fingerprint density at radius 2 is 1.07 bits per heavy atom. The number of hydrogen-bond acceptors (Lipinski definition) is 1. The van der Waals surface area contributed by atoms with Crippen LogP contribution in [0, 0.1) is 0 Å². The summed E-state index contributed by atoms with van der Waals surface area (Å²) >= 11 is 0. The van der Waals surface area contributed by atoms with E-state index in [2.05, 4.69) is 155 Å². The quantitative estimate of drug-likeness (QED) is 0.231. The Morgan fingerprint density at radius 3 is 1.78 bits per heavy atom. The number of anilines is 3. The second kappa shape index (κ2) is 8.12. The van der Waals surface area contributed by atoms with Crippen LogP contribution in [0.4, 0.5) is 17.1 Å². The highest BCUT2D eigenvalue weighted by Crippen LogP contribution is 2.58. The molecular weight excluding hydrogens is 498 g/mol. The van der Waals surface area contributed by atoms with Gasteiger partial charge in [0.1, 0.15) is 0 Å². The minimum Gasteiger partial charge on any atom is -0.354 e. The van der Waals surface area contributed by atoms with E-state index in [1.807, 2.05) is 0 Å². The first kappa shape index (κ1) is 22.5. The molecule has 41 heavy (non-hydrogen) atoms. The Bertz CT molecular complexity index is 2270. The monoisotopic (exact) mass is 525 g/mol. The maximum absolute atomic E-state index is 3.86. The summed E-state index contributed by atoms with van der Waals surface area (Å²) < 4.78 is 0. The minimum atomic E-state index is -0.414. The van der Waals surface area contributed by atoms with Crippen LogP contribution in [0.1, 0.15) is 23.6 Å². The molecule has 1 aliphatic heterocycles. The first-order valence-electron chi connectivity index (χ1n) is 14.2. The summed E-state index contributed by atoms with van der Waals surface area (Å²) in [5, 5.41) is 5.00. The fourth-order valence-corrected chi connectivity index (χ4v) is 7.31. The number of rotatable bonds is 2. The molecule has 3 heteroatoms. The zero-order valence-corrected chi connectivity index (χ0v) is 22.6. The van der Waals surface area contributed by atoms with Gasteiger partial charge in [0, 0.05) is 49.2 Å².